The van der Waals surface area contributed by atoms with Crippen LogP contribution in [0.1, 0.15) is 18.5 Å². The highest BCUT2D eigenvalue weighted by molar-refractivity contribution is 5.49. The maximum absolute atomic E-state index is 10.4. The Balaban J connectivity index is 2.97. The molecule has 0 fully saturated rings. The summed E-state index contributed by atoms with van der Waals surface area (Å²) in [5.41, 5.74) is -0.641. The molecule has 0 amide bonds. The van der Waals surface area contributed by atoms with Gasteiger partial charge in [-0.25, -0.2) is 4.68 Å². The Morgan fingerprint density at radius 1 is 1.04 bits per heavy atom. The van der Waals surface area contributed by atoms with E-state index in [9.17, 15) is 30.3 Å². The van der Waals surface area contributed by atoms with Crippen molar-refractivity contribution in [1.29, 1.82) is 0 Å². The summed E-state index contributed by atoms with van der Waals surface area (Å²) in [4.78, 5) is 10.4. The van der Waals surface area contributed by atoms with Crippen molar-refractivity contribution in [3.8, 4) is 0 Å². The first-order valence-electron chi connectivity index (χ1n) is 8.72. The zero-order valence-electron chi connectivity index (χ0n) is 15.2. The Hall–Kier alpha value is -1.47. The van der Waals surface area contributed by atoms with Gasteiger partial charge in [-0.05, 0) is 12.8 Å². The van der Waals surface area contributed by atoms with Crippen LogP contribution in [-0.2, 0) is 26.2 Å². The number of unbranched alkanes of at least 4 members (excludes halogenated alkanes) is 1. The van der Waals surface area contributed by atoms with Crippen molar-refractivity contribution in [1.82, 2.24) is 15.0 Å². The van der Waals surface area contributed by atoms with Gasteiger partial charge in [0.2, 0.25) is 0 Å². The summed E-state index contributed by atoms with van der Waals surface area (Å²) in [7, 11) is 0. The molecule has 0 spiro atoms. The highest BCUT2D eigenvalue weighted by Gasteiger charge is 2.36. The lowest BCUT2D eigenvalue weighted by atomic mass is 10.0. The smallest absolute Gasteiger partial charge is 0.134 e. The number of aromatic nitrogens is 3. The third kappa shape index (κ3) is 7.22. The Morgan fingerprint density at radius 3 is 2.04 bits per heavy atom. The third-order valence-corrected chi connectivity index (χ3v) is 4.07. The van der Waals surface area contributed by atoms with E-state index in [1.165, 1.54) is 4.68 Å². The molecule has 27 heavy (non-hydrogen) atoms. The van der Waals surface area contributed by atoms with Crippen molar-refractivity contribution in [2.75, 3.05) is 46.2 Å². The fraction of sp³-hybridized carbons (Fsp3) is 0.812. The highest BCUT2D eigenvalue weighted by atomic mass is 16.5. The van der Waals surface area contributed by atoms with Gasteiger partial charge >= 0.3 is 0 Å². The molecule has 0 atom stereocenters. The lowest BCUT2D eigenvalue weighted by Crippen LogP contribution is -2.49. The predicted molar refractivity (Wildman–Crippen MR) is 91.9 cm³/mol. The van der Waals surface area contributed by atoms with Crippen LogP contribution in [-0.4, -0.2) is 105 Å². The second-order valence-electron chi connectivity index (χ2n) is 6.19. The number of hydrogen-bond acceptors (Lipinski definition) is 10. The molecule has 1 aromatic rings. The van der Waals surface area contributed by atoms with Gasteiger partial charge < -0.3 is 39.8 Å². The summed E-state index contributed by atoms with van der Waals surface area (Å²) in [6, 6.07) is 0. The van der Waals surface area contributed by atoms with Crippen molar-refractivity contribution in [2.45, 2.75) is 37.0 Å². The largest absolute Gasteiger partial charge is 0.394 e. The van der Waals surface area contributed by atoms with Gasteiger partial charge in [-0.3, -0.25) is 0 Å². The predicted octanol–water partition coefficient (Wildman–Crippen LogP) is -2.77. The quantitative estimate of drug-likeness (QED) is 0.147. The first-order valence-corrected chi connectivity index (χ1v) is 8.72. The standard InChI is InChI=1S/C16H29N3O8/c20-4-2-1-3-13-5-19(18-17-13)16(10-25,11-26-14(6-21)7-22)12-27-15(8-23)9-24/h4-5,14-15,21-25H,1-3,6-12H2. The zero-order valence-corrected chi connectivity index (χ0v) is 15.2. The lowest BCUT2D eigenvalue weighted by molar-refractivity contribution is -0.114. The second kappa shape index (κ2) is 12.8. The topological polar surface area (TPSA) is 167 Å². The van der Waals surface area contributed by atoms with Gasteiger partial charge in [-0.2, -0.15) is 0 Å². The monoisotopic (exact) mass is 391 g/mol. The van der Waals surface area contributed by atoms with Gasteiger partial charge in [0.25, 0.3) is 0 Å². The van der Waals surface area contributed by atoms with Crippen LogP contribution in [0.25, 0.3) is 0 Å². The molecule has 1 heterocycles. The van der Waals surface area contributed by atoms with E-state index < -0.39 is 50.8 Å². The number of aryl methyl sites for hydroxylation is 1. The molecular weight excluding hydrogens is 362 g/mol. The number of aliphatic hydroxyl groups excluding tert-OH is 5. The molecule has 0 unspecified atom stereocenters. The van der Waals surface area contributed by atoms with Gasteiger partial charge in [0.15, 0.2) is 0 Å². The van der Waals surface area contributed by atoms with E-state index in [0.717, 1.165) is 6.29 Å². The molecule has 11 heteroatoms. The Morgan fingerprint density at radius 2 is 1.59 bits per heavy atom. The fourth-order valence-corrected chi connectivity index (χ4v) is 2.22. The minimum absolute atomic E-state index is 0.171. The molecule has 1 rings (SSSR count). The minimum atomic E-state index is -1.25. The van der Waals surface area contributed by atoms with Crippen LogP contribution in [0.2, 0.25) is 0 Å². The molecule has 0 saturated heterocycles. The number of hydrogen-bond donors (Lipinski definition) is 5. The van der Waals surface area contributed by atoms with E-state index in [2.05, 4.69) is 10.3 Å². The lowest BCUT2D eigenvalue weighted by Gasteiger charge is -2.33. The molecule has 0 aliphatic rings. The first-order chi connectivity index (χ1) is 13.1. The van der Waals surface area contributed by atoms with Crippen LogP contribution in [0, 0.1) is 0 Å². The van der Waals surface area contributed by atoms with Crippen LogP contribution in [0.15, 0.2) is 6.20 Å². The molecule has 0 radical (unpaired) electrons. The zero-order chi connectivity index (χ0) is 20.1. The van der Waals surface area contributed by atoms with Crippen LogP contribution in [0.3, 0.4) is 0 Å². The van der Waals surface area contributed by atoms with Gasteiger partial charge in [-0.1, -0.05) is 5.21 Å². The molecule has 156 valence electrons. The summed E-state index contributed by atoms with van der Waals surface area (Å²) in [5, 5.41) is 54.8. The van der Waals surface area contributed by atoms with Crippen LogP contribution < -0.4 is 0 Å². The normalized spacial score (nSPS) is 12.3. The van der Waals surface area contributed by atoms with Crippen molar-refractivity contribution >= 4 is 6.29 Å². The van der Waals surface area contributed by atoms with Gasteiger partial charge in [0.05, 0.1) is 51.9 Å². The number of aliphatic hydroxyl groups is 5. The fourth-order valence-electron chi connectivity index (χ4n) is 2.22. The third-order valence-electron chi connectivity index (χ3n) is 4.07. The molecule has 0 aliphatic heterocycles. The molecule has 0 bridgehead atoms. The minimum Gasteiger partial charge on any atom is -0.394 e. The van der Waals surface area contributed by atoms with Crippen LogP contribution in [0.5, 0.6) is 0 Å². The Labute approximate surface area is 157 Å². The molecule has 0 aliphatic carbocycles. The summed E-state index contributed by atoms with van der Waals surface area (Å²) >= 11 is 0. The molecule has 11 nitrogen and oxygen atoms in total. The van der Waals surface area contributed by atoms with E-state index in [1.54, 1.807) is 6.20 Å². The van der Waals surface area contributed by atoms with E-state index in [4.69, 9.17) is 9.47 Å². The van der Waals surface area contributed by atoms with Gasteiger partial charge in [0, 0.05) is 12.6 Å². The van der Waals surface area contributed by atoms with Crippen molar-refractivity contribution < 1.29 is 39.8 Å². The highest BCUT2D eigenvalue weighted by Crippen LogP contribution is 2.19. The average Bonchev–Trinajstić information content (AvgIpc) is 3.17. The van der Waals surface area contributed by atoms with E-state index >= 15 is 0 Å². The average molecular weight is 391 g/mol. The summed E-state index contributed by atoms with van der Waals surface area (Å²) in [5.74, 6) is 0. The molecule has 0 aromatic carbocycles. The number of ether oxygens (including phenoxy) is 2. The Bertz CT molecular complexity index is 504. The number of carbonyl (C=O) groups excluding carboxylic acids is 1. The van der Waals surface area contributed by atoms with Gasteiger partial charge in [-0.15, -0.1) is 5.10 Å². The number of nitrogens with zero attached hydrogens (tertiary/aromatic N) is 3. The SMILES string of the molecule is O=CCCCc1cn(C(CO)(COC(CO)CO)COC(CO)CO)nn1. The molecule has 0 saturated carbocycles. The van der Waals surface area contributed by atoms with E-state index in [-0.39, 0.29) is 13.2 Å². The number of rotatable bonds is 16. The number of carbonyl (C=O) groups is 1. The summed E-state index contributed by atoms with van der Waals surface area (Å²) in [6.07, 6.45) is 2.23. The Kier molecular flexibility index (Phi) is 11.2. The maximum Gasteiger partial charge on any atom is 0.134 e. The van der Waals surface area contributed by atoms with Gasteiger partial charge in [0.1, 0.15) is 24.0 Å². The maximum atomic E-state index is 10.4. The van der Waals surface area contributed by atoms with Crippen LogP contribution in [0.4, 0.5) is 0 Å². The van der Waals surface area contributed by atoms with Crippen molar-refractivity contribution in [2.24, 2.45) is 0 Å². The van der Waals surface area contributed by atoms with E-state index in [0.29, 0.717) is 25.0 Å². The summed E-state index contributed by atoms with van der Waals surface area (Å²) in [6.45, 7) is -2.47. The van der Waals surface area contributed by atoms with Crippen molar-refractivity contribution in [3.05, 3.63) is 11.9 Å². The molecule has 1 aromatic heterocycles. The first kappa shape index (κ1) is 23.6. The molecular formula is C16H29N3O8. The molecule has 5 N–H and O–H groups in total. The van der Waals surface area contributed by atoms with Crippen molar-refractivity contribution in [3.63, 3.8) is 0 Å². The van der Waals surface area contributed by atoms with E-state index in [1.807, 2.05) is 0 Å². The van der Waals surface area contributed by atoms with Crippen LogP contribution >= 0.6 is 0 Å². The number of aldehydes is 1. The summed E-state index contributed by atoms with van der Waals surface area (Å²) < 4.78 is 12.3. The second-order valence-corrected chi connectivity index (χ2v) is 6.19.